The monoisotopic (exact) mass is 503 g/mol. The number of para-hydroxylation sites is 1. The second-order valence-corrected chi connectivity index (χ2v) is 9.13. The average Bonchev–Trinajstić information content (AvgIpc) is 3.29. The van der Waals surface area contributed by atoms with Crippen molar-refractivity contribution >= 4 is 28.5 Å². The lowest BCUT2D eigenvalue weighted by atomic mass is 10.0. The van der Waals surface area contributed by atoms with E-state index in [0.717, 1.165) is 6.42 Å². The first-order valence-corrected chi connectivity index (χ1v) is 12.1. The van der Waals surface area contributed by atoms with Crippen molar-refractivity contribution < 1.29 is 18.7 Å². The summed E-state index contributed by atoms with van der Waals surface area (Å²) >= 11 is 0. The van der Waals surface area contributed by atoms with Crippen molar-refractivity contribution in [3.63, 3.8) is 0 Å². The highest BCUT2D eigenvalue weighted by Gasteiger charge is 2.33. The highest BCUT2D eigenvalue weighted by molar-refractivity contribution is 6.01. The second-order valence-electron chi connectivity index (χ2n) is 9.13. The molecule has 9 heteroatoms. The fourth-order valence-electron chi connectivity index (χ4n) is 4.09. The van der Waals surface area contributed by atoms with Crippen LogP contribution in [0.15, 0.2) is 72.8 Å². The summed E-state index contributed by atoms with van der Waals surface area (Å²) in [6, 6.07) is 18.8. The summed E-state index contributed by atoms with van der Waals surface area (Å²) in [4.78, 5) is 28.9. The normalized spacial score (nSPS) is 11.9. The number of hydrogen-bond acceptors (Lipinski definition) is 5. The summed E-state index contributed by atoms with van der Waals surface area (Å²) in [6.45, 7) is 4.39. The molecule has 0 bridgehead atoms. The quantitative estimate of drug-likeness (QED) is 0.344. The molecule has 4 aromatic rings. The number of anilines is 1. The van der Waals surface area contributed by atoms with Gasteiger partial charge >= 0.3 is 0 Å². The van der Waals surface area contributed by atoms with E-state index < -0.39 is 17.8 Å². The molecule has 0 saturated heterocycles. The molecule has 0 aliphatic heterocycles. The zero-order valence-corrected chi connectivity index (χ0v) is 21.1. The number of fused-ring (bicyclic) bond motifs is 1. The van der Waals surface area contributed by atoms with Crippen molar-refractivity contribution in [2.75, 3.05) is 18.6 Å². The van der Waals surface area contributed by atoms with Crippen LogP contribution in [0, 0.1) is 11.7 Å². The van der Waals surface area contributed by atoms with Crippen LogP contribution in [0.3, 0.4) is 0 Å². The maximum atomic E-state index is 14.4. The Morgan fingerprint density at radius 1 is 1.05 bits per heavy atom. The Morgan fingerprint density at radius 2 is 1.81 bits per heavy atom. The summed E-state index contributed by atoms with van der Waals surface area (Å²) in [5, 5.41) is 11.2. The number of nitrogens with one attached hydrogen (secondary N) is 1. The van der Waals surface area contributed by atoms with Crippen LogP contribution in [0.5, 0.6) is 5.75 Å². The third-order valence-corrected chi connectivity index (χ3v) is 6.02. The molecule has 0 unspecified atom stereocenters. The van der Waals surface area contributed by atoms with Crippen molar-refractivity contribution in [2.24, 2.45) is 5.92 Å². The largest absolute Gasteiger partial charge is 0.497 e. The molecule has 1 heterocycles. The Morgan fingerprint density at radius 3 is 2.51 bits per heavy atom. The van der Waals surface area contributed by atoms with Crippen molar-refractivity contribution in [1.82, 2.24) is 20.3 Å². The Labute approximate surface area is 215 Å². The van der Waals surface area contributed by atoms with Crippen LogP contribution in [-0.4, -0.2) is 40.5 Å². The van der Waals surface area contributed by atoms with Crippen LogP contribution in [0.2, 0.25) is 0 Å². The number of carbonyl (C=O) groups excluding carboxylic acids is 2. The average molecular weight is 504 g/mol. The number of rotatable bonds is 10. The van der Waals surface area contributed by atoms with Crippen molar-refractivity contribution in [3.05, 3.63) is 84.2 Å². The third-order valence-electron chi connectivity index (χ3n) is 6.02. The van der Waals surface area contributed by atoms with Gasteiger partial charge in [-0.3, -0.25) is 14.5 Å². The van der Waals surface area contributed by atoms with Gasteiger partial charge < -0.3 is 10.1 Å². The molecule has 1 N–H and O–H groups in total. The minimum atomic E-state index is -1.05. The number of halogens is 1. The van der Waals surface area contributed by atoms with Crippen molar-refractivity contribution in [2.45, 2.75) is 32.9 Å². The fourth-order valence-corrected chi connectivity index (χ4v) is 4.09. The minimum Gasteiger partial charge on any atom is -0.497 e. The van der Waals surface area contributed by atoms with Gasteiger partial charge in [-0.2, -0.15) is 0 Å². The first kappa shape index (κ1) is 25.8. The lowest BCUT2D eigenvalue weighted by Gasteiger charge is -2.31. The number of amides is 2. The van der Waals surface area contributed by atoms with E-state index in [1.54, 1.807) is 43.5 Å². The number of aromatic nitrogens is 3. The topological polar surface area (TPSA) is 89.4 Å². The third kappa shape index (κ3) is 6.11. The summed E-state index contributed by atoms with van der Waals surface area (Å²) < 4.78 is 21.1. The van der Waals surface area contributed by atoms with Crippen molar-refractivity contribution in [1.29, 1.82) is 0 Å². The predicted octanol–water partition coefficient (Wildman–Crippen LogP) is 4.52. The molecule has 0 spiro atoms. The minimum absolute atomic E-state index is 0.192. The Bertz CT molecular complexity index is 1370. The van der Waals surface area contributed by atoms with E-state index in [0.29, 0.717) is 34.8 Å². The molecule has 0 aliphatic carbocycles. The molecule has 3 aromatic carbocycles. The van der Waals surface area contributed by atoms with E-state index in [9.17, 15) is 14.0 Å². The summed E-state index contributed by atoms with van der Waals surface area (Å²) in [7, 11) is 1.55. The van der Waals surface area contributed by atoms with Crippen LogP contribution < -0.4 is 15.0 Å². The van der Waals surface area contributed by atoms with Crippen LogP contribution >= 0.6 is 0 Å². The van der Waals surface area contributed by atoms with Gasteiger partial charge in [0.05, 0.1) is 12.6 Å². The van der Waals surface area contributed by atoms with E-state index in [-0.39, 0.29) is 18.1 Å². The van der Waals surface area contributed by atoms with Crippen LogP contribution in [0.25, 0.3) is 11.0 Å². The number of nitrogens with zero attached hydrogens (tertiary/aromatic N) is 4. The smallest absolute Gasteiger partial charge is 0.249 e. The molecular weight excluding hydrogens is 473 g/mol. The molecule has 2 amide bonds. The molecule has 0 fully saturated rings. The molecule has 4 rings (SSSR count). The van der Waals surface area contributed by atoms with E-state index >= 15 is 0 Å². The van der Waals surface area contributed by atoms with Gasteiger partial charge in [0.1, 0.15) is 29.7 Å². The number of benzene rings is 3. The molecule has 0 aliphatic rings. The second kappa shape index (κ2) is 11.6. The molecule has 0 saturated carbocycles. The number of ether oxygens (including phenoxy) is 1. The molecule has 1 aromatic heterocycles. The standard InChI is InChI=1S/C28H30FN5O3/c1-19(2)15-16-30-28(36)27(20-11-13-23(37-3)14-12-20)34(22-8-6-7-21(29)17-22)26(35)18-33-25-10-5-4-9-24(25)31-32-33/h4-14,17,19,27H,15-16,18H2,1-3H3,(H,30,36)/t27-/m1/s1. The van der Waals surface area contributed by atoms with Crippen LogP contribution in [0.1, 0.15) is 31.9 Å². The summed E-state index contributed by atoms with van der Waals surface area (Å²) in [6.07, 6.45) is 0.778. The first-order valence-electron chi connectivity index (χ1n) is 12.1. The molecule has 1 atom stereocenters. The molecule has 192 valence electrons. The van der Waals surface area contributed by atoms with Crippen LogP contribution in [0.4, 0.5) is 10.1 Å². The Hall–Kier alpha value is -4.27. The highest BCUT2D eigenvalue weighted by atomic mass is 19.1. The number of methoxy groups -OCH3 is 1. The summed E-state index contributed by atoms with van der Waals surface area (Å²) in [5.74, 6) is -0.329. The van der Waals surface area contributed by atoms with Gasteiger partial charge in [0.2, 0.25) is 11.8 Å². The maximum Gasteiger partial charge on any atom is 0.249 e. The first-order chi connectivity index (χ1) is 17.9. The van der Waals surface area contributed by atoms with Gasteiger partial charge in [0.15, 0.2) is 0 Å². The number of hydrogen-bond donors (Lipinski definition) is 1. The van der Waals surface area contributed by atoms with E-state index in [2.05, 4.69) is 29.5 Å². The van der Waals surface area contributed by atoms with Gasteiger partial charge in [-0.15, -0.1) is 5.10 Å². The highest BCUT2D eigenvalue weighted by Crippen LogP contribution is 2.30. The van der Waals surface area contributed by atoms with Crippen molar-refractivity contribution in [3.8, 4) is 5.75 Å². The van der Waals surface area contributed by atoms with Gasteiger partial charge in [-0.25, -0.2) is 9.07 Å². The fraction of sp³-hybridized carbons (Fsp3) is 0.286. The van der Waals surface area contributed by atoms with Gasteiger partial charge in [-0.1, -0.05) is 49.4 Å². The van der Waals surface area contributed by atoms with E-state index in [1.807, 2.05) is 18.2 Å². The predicted molar refractivity (Wildman–Crippen MR) is 140 cm³/mol. The summed E-state index contributed by atoms with van der Waals surface area (Å²) in [5.41, 5.74) is 2.14. The van der Waals surface area contributed by atoms with Gasteiger partial charge in [0, 0.05) is 12.2 Å². The lowest BCUT2D eigenvalue weighted by Crippen LogP contribution is -2.45. The number of carbonyl (C=O) groups is 2. The molecule has 0 radical (unpaired) electrons. The Kier molecular flexibility index (Phi) is 8.12. The van der Waals surface area contributed by atoms with E-state index in [1.165, 1.54) is 27.8 Å². The van der Waals surface area contributed by atoms with Crippen LogP contribution in [-0.2, 0) is 16.1 Å². The van der Waals surface area contributed by atoms with E-state index in [4.69, 9.17) is 4.74 Å². The lowest BCUT2D eigenvalue weighted by molar-refractivity contribution is -0.127. The zero-order chi connectivity index (χ0) is 26.4. The molecule has 8 nitrogen and oxygen atoms in total. The molecule has 37 heavy (non-hydrogen) atoms. The van der Waals surface area contributed by atoms with Gasteiger partial charge in [0.25, 0.3) is 0 Å². The Balaban J connectivity index is 1.76. The SMILES string of the molecule is COc1ccc([C@H](C(=O)NCCC(C)C)N(C(=O)Cn2nnc3ccccc32)c2cccc(F)c2)cc1. The zero-order valence-electron chi connectivity index (χ0n) is 21.1. The molecular formula is C28H30FN5O3. The van der Waals surface area contributed by atoms with Gasteiger partial charge in [-0.05, 0) is 60.4 Å². The maximum absolute atomic E-state index is 14.4.